The lowest BCUT2D eigenvalue weighted by Crippen LogP contribution is -2.28. The van der Waals surface area contributed by atoms with E-state index in [1.54, 1.807) is 0 Å². The van der Waals surface area contributed by atoms with Crippen molar-refractivity contribution in [2.24, 2.45) is 5.73 Å². The van der Waals surface area contributed by atoms with Crippen LogP contribution in [0, 0.1) is 0 Å². The number of hydrogen-bond donors (Lipinski definition) is 1. The molecule has 2 heterocycles. The maximum Gasteiger partial charge on any atom is 0.151 e. The molecule has 2 N–H and O–H groups in total. The van der Waals surface area contributed by atoms with Gasteiger partial charge in [-0.3, -0.25) is 0 Å². The normalized spacial score (nSPS) is 15.1. The molecule has 4 nitrogen and oxygen atoms in total. The number of nitrogens with zero attached hydrogens (tertiary/aromatic N) is 3. The van der Waals surface area contributed by atoms with E-state index in [1.807, 2.05) is 6.07 Å². The maximum atomic E-state index is 5.79. The quantitative estimate of drug-likeness (QED) is 0.864. The molecule has 0 aromatic carbocycles. The first-order valence-corrected chi connectivity index (χ1v) is 7.27. The van der Waals surface area contributed by atoms with Gasteiger partial charge in [0, 0.05) is 25.2 Å². The molecular weight excluding hydrogens is 236 g/mol. The summed E-state index contributed by atoms with van der Waals surface area (Å²) >= 11 is 0. The largest absolute Gasteiger partial charge is 0.352 e. The van der Waals surface area contributed by atoms with Crippen LogP contribution in [0.3, 0.4) is 0 Å². The smallest absolute Gasteiger partial charge is 0.151 e. The lowest BCUT2D eigenvalue weighted by molar-refractivity contribution is 0.743. The number of fused-ring (bicyclic) bond motifs is 1. The number of aromatic nitrogens is 2. The highest BCUT2D eigenvalue weighted by Crippen LogP contribution is 2.33. The van der Waals surface area contributed by atoms with Crippen LogP contribution in [0.1, 0.15) is 31.9 Å². The second-order valence-corrected chi connectivity index (χ2v) is 5.27. The monoisotopic (exact) mass is 258 g/mol. The molecule has 3 rings (SSSR count). The summed E-state index contributed by atoms with van der Waals surface area (Å²) in [4.78, 5) is 7.33. The molecule has 1 aliphatic carbocycles. The topological polar surface area (TPSA) is 46.6 Å². The summed E-state index contributed by atoms with van der Waals surface area (Å²) in [5, 5.41) is 0. The predicted octanol–water partition coefficient (Wildman–Crippen LogP) is 2.21. The summed E-state index contributed by atoms with van der Waals surface area (Å²) in [5.74, 6) is 1.15. The number of anilines is 1. The summed E-state index contributed by atoms with van der Waals surface area (Å²) in [6, 6.07) is 6.86. The molecular formula is C15H22N4. The third-order valence-electron chi connectivity index (χ3n) is 3.71. The number of imidazole rings is 1. The van der Waals surface area contributed by atoms with E-state index in [0.717, 1.165) is 30.9 Å². The minimum Gasteiger partial charge on any atom is -0.352 e. The number of nitrogens with two attached hydrogens (primary N) is 1. The number of rotatable bonds is 6. The second kappa shape index (κ2) is 5.21. The zero-order chi connectivity index (χ0) is 13.2. The molecule has 0 saturated heterocycles. The Kier molecular flexibility index (Phi) is 3.42. The molecule has 102 valence electrons. The van der Waals surface area contributed by atoms with Crippen LogP contribution in [0.15, 0.2) is 24.4 Å². The molecule has 0 amide bonds. The minimum absolute atomic E-state index is 0.667. The molecule has 0 aliphatic heterocycles. The van der Waals surface area contributed by atoms with Crippen LogP contribution in [0.2, 0.25) is 0 Å². The van der Waals surface area contributed by atoms with Gasteiger partial charge in [0.1, 0.15) is 5.65 Å². The Balaban J connectivity index is 2.07. The summed E-state index contributed by atoms with van der Waals surface area (Å²) in [5.41, 5.74) is 8.08. The standard InChI is InChI=1S/C15H22N4/c1-2-10-18(12-6-7-12)15-13(8-9-16)19-11-4-3-5-14(19)17-15/h3-5,11-12H,2,6-10,16H2,1H3. The molecule has 1 aliphatic rings. The zero-order valence-corrected chi connectivity index (χ0v) is 11.5. The highest BCUT2D eigenvalue weighted by atomic mass is 15.3. The number of hydrogen-bond acceptors (Lipinski definition) is 3. The van der Waals surface area contributed by atoms with Gasteiger partial charge in [-0.2, -0.15) is 0 Å². The van der Waals surface area contributed by atoms with Gasteiger partial charge in [0.05, 0.1) is 5.69 Å². The van der Waals surface area contributed by atoms with Gasteiger partial charge >= 0.3 is 0 Å². The Morgan fingerprint density at radius 2 is 2.26 bits per heavy atom. The summed E-state index contributed by atoms with van der Waals surface area (Å²) in [6.07, 6.45) is 6.74. The van der Waals surface area contributed by atoms with Crippen LogP contribution in [-0.2, 0) is 6.42 Å². The van der Waals surface area contributed by atoms with Crippen LogP contribution >= 0.6 is 0 Å². The van der Waals surface area contributed by atoms with Crippen molar-refractivity contribution in [3.05, 3.63) is 30.1 Å². The molecule has 1 saturated carbocycles. The van der Waals surface area contributed by atoms with Crippen LogP contribution in [-0.4, -0.2) is 28.5 Å². The second-order valence-electron chi connectivity index (χ2n) is 5.27. The fourth-order valence-electron chi connectivity index (χ4n) is 2.72. The van der Waals surface area contributed by atoms with E-state index in [-0.39, 0.29) is 0 Å². The lowest BCUT2D eigenvalue weighted by atomic mass is 10.2. The minimum atomic E-state index is 0.667. The third-order valence-corrected chi connectivity index (χ3v) is 3.71. The van der Waals surface area contributed by atoms with E-state index in [1.165, 1.54) is 18.5 Å². The molecule has 2 aromatic rings. The molecule has 0 radical (unpaired) electrons. The summed E-state index contributed by atoms with van der Waals surface area (Å²) in [6.45, 7) is 3.99. The van der Waals surface area contributed by atoms with Crippen molar-refractivity contribution in [3.63, 3.8) is 0 Å². The van der Waals surface area contributed by atoms with Crippen LogP contribution in [0.25, 0.3) is 5.65 Å². The van der Waals surface area contributed by atoms with E-state index in [4.69, 9.17) is 10.7 Å². The molecule has 1 fully saturated rings. The third kappa shape index (κ3) is 2.32. The fraction of sp³-hybridized carbons (Fsp3) is 0.533. The highest BCUT2D eigenvalue weighted by molar-refractivity contribution is 5.57. The van der Waals surface area contributed by atoms with Crippen molar-refractivity contribution in [1.82, 2.24) is 9.38 Å². The van der Waals surface area contributed by atoms with E-state index < -0.39 is 0 Å². The van der Waals surface area contributed by atoms with Gasteiger partial charge in [-0.1, -0.05) is 13.0 Å². The van der Waals surface area contributed by atoms with E-state index >= 15 is 0 Å². The average Bonchev–Trinajstić information content (AvgIpc) is 3.20. The molecule has 0 bridgehead atoms. The van der Waals surface area contributed by atoms with Crippen molar-refractivity contribution in [3.8, 4) is 0 Å². The average molecular weight is 258 g/mol. The molecule has 2 aromatic heterocycles. The highest BCUT2D eigenvalue weighted by Gasteiger charge is 2.31. The molecule has 0 unspecified atom stereocenters. The van der Waals surface area contributed by atoms with Crippen molar-refractivity contribution >= 4 is 11.5 Å². The first kappa shape index (κ1) is 12.5. The van der Waals surface area contributed by atoms with Crippen molar-refractivity contribution < 1.29 is 0 Å². The van der Waals surface area contributed by atoms with Crippen LogP contribution < -0.4 is 10.6 Å². The zero-order valence-electron chi connectivity index (χ0n) is 11.5. The summed E-state index contributed by atoms with van der Waals surface area (Å²) in [7, 11) is 0. The van der Waals surface area contributed by atoms with Crippen LogP contribution in [0.5, 0.6) is 0 Å². The van der Waals surface area contributed by atoms with E-state index in [2.05, 4.69) is 34.6 Å². The Morgan fingerprint density at radius 3 is 2.95 bits per heavy atom. The van der Waals surface area contributed by atoms with Gasteiger partial charge < -0.3 is 15.0 Å². The Hall–Kier alpha value is -1.55. The van der Waals surface area contributed by atoms with Crippen molar-refractivity contribution in [1.29, 1.82) is 0 Å². The Bertz CT molecular complexity index is 556. The first-order valence-electron chi connectivity index (χ1n) is 7.27. The maximum absolute atomic E-state index is 5.79. The van der Waals surface area contributed by atoms with Gasteiger partial charge in [0.15, 0.2) is 5.82 Å². The summed E-state index contributed by atoms with van der Waals surface area (Å²) < 4.78 is 2.19. The molecule has 4 heteroatoms. The predicted molar refractivity (Wildman–Crippen MR) is 78.6 cm³/mol. The van der Waals surface area contributed by atoms with Crippen LogP contribution in [0.4, 0.5) is 5.82 Å². The first-order chi connectivity index (χ1) is 9.35. The van der Waals surface area contributed by atoms with E-state index in [0.29, 0.717) is 12.6 Å². The van der Waals surface area contributed by atoms with E-state index in [9.17, 15) is 0 Å². The van der Waals surface area contributed by atoms with Crippen molar-refractivity contribution in [2.45, 2.75) is 38.6 Å². The van der Waals surface area contributed by atoms with Gasteiger partial charge in [-0.25, -0.2) is 4.98 Å². The van der Waals surface area contributed by atoms with Gasteiger partial charge in [0.25, 0.3) is 0 Å². The molecule has 0 atom stereocenters. The molecule has 19 heavy (non-hydrogen) atoms. The number of pyridine rings is 1. The Morgan fingerprint density at radius 1 is 1.42 bits per heavy atom. The van der Waals surface area contributed by atoms with Crippen molar-refractivity contribution in [2.75, 3.05) is 18.0 Å². The van der Waals surface area contributed by atoms with Gasteiger partial charge in [0.2, 0.25) is 0 Å². The fourth-order valence-corrected chi connectivity index (χ4v) is 2.72. The lowest BCUT2D eigenvalue weighted by Gasteiger charge is -2.22. The van der Waals surface area contributed by atoms with Gasteiger partial charge in [-0.05, 0) is 37.9 Å². The molecule has 0 spiro atoms. The SMILES string of the molecule is CCCN(c1nc2ccccn2c1CCN)C1CC1. The Labute approximate surface area is 114 Å². The van der Waals surface area contributed by atoms with Gasteiger partial charge in [-0.15, -0.1) is 0 Å².